The van der Waals surface area contributed by atoms with Crippen molar-refractivity contribution >= 4 is 33.9 Å². The van der Waals surface area contributed by atoms with Crippen LogP contribution in [0.25, 0.3) is 16.6 Å². The summed E-state index contributed by atoms with van der Waals surface area (Å²) in [7, 11) is 0. The van der Waals surface area contributed by atoms with Crippen LogP contribution in [-0.2, 0) is 0 Å². The van der Waals surface area contributed by atoms with Crippen LogP contribution in [0.4, 0.5) is 0 Å². The molecule has 6 heteroatoms. The van der Waals surface area contributed by atoms with Gasteiger partial charge in [0.05, 0.1) is 11.0 Å². The number of thiocarbonyl (C=S) groups is 1. The van der Waals surface area contributed by atoms with Crippen LogP contribution in [0.2, 0.25) is 0 Å². The van der Waals surface area contributed by atoms with Gasteiger partial charge in [0.2, 0.25) is 0 Å². The van der Waals surface area contributed by atoms with Gasteiger partial charge in [-0.1, -0.05) is 6.08 Å². The van der Waals surface area contributed by atoms with Crippen LogP contribution < -0.4 is 11.3 Å². The highest BCUT2D eigenvalue weighted by molar-refractivity contribution is 7.80. The van der Waals surface area contributed by atoms with Crippen molar-refractivity contribution in [3.05, 3.63) is 36.2 Å². The minimum atomic E-state index is 0.590. The molecule has 2 aromatic rings. The first-order valence-corrected chi connectivity index (χ1v) is 6.57. The Morgan fingerprint density at radius 2 is 2.42 bits per heavy atom. The van der Waals surface area contributed by atoms with Gasteiger partial charge in [0.1, 0.15) is 0 Å². The molecule has 0 amide bonds. The third kappa shape index (κ3) is 2.20. The first-order valence-electron chi connectivity index (χ1n) is 6.16. The van der Waals surface area contributed by atoms with E-state index in [4.69, 9.17) is 18.1 Å². The lowest BCUT2D eigenvalue weighted by atomic mass is 10.0. The molecule has 4 N–H and O–H groups in total. The summed E-state index contributed by atoms with van der Waals surface area (Å²) in [5.41, 5.74) is 7.11. The van der Waals surface area contributed by atoms with Crippen LogP contribution in [0.15, 0.2) is 30.6 Å². The summed E-state index contributed by atoms with van der Waals surface area (Å²) in [6, 6.07) is 3.97. The Morgan fingerprint density at radius 3 is 3.16 bits per heavy atom. The Labute approximate surface area is 116 Å². The number of aromatic nitrogens is 2. The van der Waals surface area contributed by atoms with Crippen LogP contribution in [0.5, 0.6) is 0 Å². The summed E-state index contributed by atoms with van der Waals surface area (Å²) >= 11 is 5.13. The van der Waals surface area contributed by atoms with Crippen LogP contribution in [0.1, 0.15) is 12.0 Å². The standard InChI is InChI=1S/C13H15N5S/c14-17-13(19)18-6-3-9(4-7-18)10-8-16-11-2-1-5-15-12(10)11/h1-3,5,8,16H,4,6-7,14H2,(H,17,19). The summed E-state index contributed by atoms with van der Waals surface area (Å²) in [6.07, 6.45) is 6.97. The molecule has 2 aromatic heterocycles. The van der Waals surface area contributed by atoms with Crippen molar-refractivity contribution in [2.45, 2.75) is 6.42 Å². The molecule has 0 spiro atoms. The zero-order valence-corrected chi connectivity index (χ0v) is 11.2. The van der Waals surface area contributed by atoms with Gasteiger partial charge in [-0.05, 0) is 36.3 Å². The molecule has 5 nitrogen and oxygen atoms in total. The predicted octanol–water partition coefficient (Wildman–Crippen LogP) is 1.40. The number of H-pyrrole nitrogens is 1. The molecule has 3 heterocycles. The second-order valence-corrected chi connectivity index (χ2v) is 4.86. The third-order valence-corrected chi connectivity index (χ3v) is 3.78. The number of aromatic amines is 1. The maximum absolute atomic E-state index is 5.34. The van der Waals surface area contributed by atoms with E-state index in [1.54, 1.807) is 0 Å². The van der Waals surface area contributed by atoms with E-state index in [2.05, 4.69) is 21.5 Å². The topological polar surface area (TPSA) is 70.0 Å². The number of hydrogen-bond acceptors (Lipinski definition) is 3. The van der Waals surface area contributed by atoms with E-state index in [0.717, 1.165) is 30.5 Å². The van der Waals surface area contributed by atoms with Gasteiger partial charge < -0.3 is 15.3 Å². The number of rotatable bonds is 1. The molecule has 0 atom stereocenters. The highest BCUT2D eigenvalue weighted by atomic mass is 32.1. The van der Waals surface area contributed by atoms with E-state index in [9.17, 15) is 0 Å². The van der Waals surface area contributed by atoms with Crippen LogP contribution >= 0.6 is 12.2 Å². The Balaban J connectivity index is 1.88. The fourth-order valence-electron chi connectivity index (χ4n) is 2.39. The molecule has 0 bridgehead atoms. The van der Waals surface area contributed by atoms with Gasteiger partial charge in [0.25, 0.3) is 0 Å². The first-order chi connectivity index (χ1) is 9.29. The second kappa shape index (κ2) is 4.99. The molecule has 3 rings (SSSR count). The Morgan fingerprint density at radius 1 is 1.53 bits per heavy atom. The molecule has 0 saturated heterocycles. The van der Waals surface area contributed by atoms with Crippen molar-refractivity contribution < 1.29 is 0 Å². The molecule has 0 radical (unpaired) electrons. The fraction of sp³-hybridized carbons (Fsp3) is 0.231. The first kappa shape index (κ1) is 12.1. The zero-order valence-electron chi connectivity index (χ0n) is 10.4. The molecule has 19 heavy (non-hydrogen) atoms. The van der Waals surface area contributed by atoms with Crippen molar-refractivity contribution in [1.29, 1.82) is 0 Å². The quantitative estimate of drug-likeness (QED) is 0.416. The molecule has 0 unspecified atom stereocenters. The zero-order chi connectivity index (χ0) is 13.2. The van der Waals surface area contributed by atoms with Crippen LogP contribution in [-0.4, -0.2) is 33.1 Å². The Hall–Kier alpha value is -1.92. The van der Waals surface area contributed by atoms with E-state index in [-0.39, 0.29) is 0 Å². The lowest BCUT2D eigenvalue weighted by Gasteiger charge is -2.27. The molecule has 1 aliphatic heterocycles. The minimum Gasteiger partial charge on any atom is -0.359 e. The largest absolute Gasteiger partial charge is 0.359 e. The highest BCUT2D eigenvalue weighted by Crippen LogP contribution is 2.27. The summed E-state index contributed by atoms with van der Waals surface area (Å²) in [4.78, 5) is 9.74. The SMILES string of the molecule is NNC(=S)N1CC=C(c2c[nH]c3cccnc23)CC1. The fourth-order valence-corrected chi connectivity index (χ4v) is 2.55. The summed E-state index contributed by atoms with van der Waals surface area (Å²) < 4.78 is 0. The summed E-state index contributed by atoms with van der Waals surface area (Å²) in [6.45, 7) is 1.65. The van der Waals surface area contributed by atoms with Gasteiger partial charge in [0.15, 0.2) is 5.11 Å². The lowest BCUT2D eigenvalue weighted by Crippen LogP contribution is -2.44. The van der Waals surface area contributed by atoms with E-state index >= 15 is 0 Å². The average Bonchev–Trinajstić information content (AvgIpc) is 2.90. The summed E-state index contributed by atoms with van der Waals surface area (Å²) in [5.74, 6) is 5.34. The molecule has 0 aliphatic carbocycles. The molecular formula is C13H15N5S. The van der Waals surface area contributed by atoms with Gasteiger partial charge in [-0.3, -0.25) is 4.98 Å². The molecule has 98 valence electrons. The average molecular weight is 273 g/mol. The molecule has 0 fully saturated rings. The lowest BCUT2D eigenvalue weighted by molar-refractivity contribution is 0.452. The second-order valence-electron chi connectivity index (χ2n) is 4.48. The van der Waals surface area contributed by atoms with Crippen molar-refractivity contribution in [2.75, 3.05) is 13.1 Å². The van der Waals surface area contributed by atoms with Gasteiger partial charge in [-0.2, -0.15) is 0 Å². The van der Waals surface area contributed by atoms with E-state index in [1.165, 1.54) is 11.1 Å². The number of nitrogens with zero attached hydrogens (tertiary/aromatic N) is 2. The predicted molar refractivity (Wildman–Crippen MR) is 80.2 cm³/mol. The smallest absolute Gasteiger partial charge is 0.183 e. The van der Waals surface area contributed by atoms with E-state index in [1.807, 2.05) is 29.4 Å². The number of hydrazine groups is 1. The number of nitrogens with one attached hydrogen (secondary N) is 2. The van der Waals surface area contributed by atoms with Gasteiger partial charge in [-0.15, -0.1) is 0 Å². The Bertz CT molecular complexity index is 645. The number of hydrogen-bond donors (Lipinski definition) is 3. The molecule has 1 aliphatic rings. The normalized spacial score (nSPS) is 15.4. The number of nitrogens with two attached hydrogens (primary N) is 1. The van der Waals surface area contributed by atoms with Crippen molar-refractivity contribution in [1.82, 2.24) is 20.3 Å². The maximum atomic E-state index is 5.34. The highest BCUT2D eigenvalue weighted by Gasteiger charge is 2.17. The van der Waals surface area contributed by atoms with Crippen LogP contribution in [0, 0.1) is 0 Å². The van der Waals surface area contributed by atoms with Gasteiger partial charge in [-0.25, -0.2) is 5.84 Å². The maximum Gasteiger partial charge on any atom is 0.183 e. The van der Waals surface area contributed by atoms with Gasteiger partial charge >= 0.3 is 0 Å². The van der Waals surface area contributed by atoms with Crippen molar-refractivity contribution in [3.8, 4) is 0 Å². The number of pyridine rings is 1. The monoisotopic (exact) mass is 273 g/mol. The van der Waals surface area contributed by atoms with Crippen molar-refractivity contribution in [3.63, 3.8) is 0 Å². The van der Waals surface area contributed by atoms with Gasteiger partial charge in [0, 0.05) is 31.0 Å². The van der Waals surface area contributed by atoms with E-state index in [0.29, 0.717) is 5.11 Å². The van der Waals surface area contributed by atoms with Crippen molar-refractivity contribution in [2.24, 2.45) is 5.84 Å². The van der Waals surface area contributed by atoms with E-state index < -0.39 is 0 Å². The Kier molecular flexibility index (Phi) is 3.18. The third-order valence-electron chi connectivity index (χ3n) is 3.40. The molecular weight excluding hydrogens is 258 g/mol. The minimum absolute atomic E-state index is 0.590. The van der Waals surface area contributed by atoms with Crippen LogP contribution in [0.3, 0.4) is 0 Å². The number of fused-ring (bicyclic) bond motifs is 1. The summed E-state index contributed by atoms with van der Waals surface area (Å²) in [5, 5.41) is 0.590. The molecule has 0 aromatic carbocycles. The molecule has 0 saturated carbocycles.